The monoisotopic (exact) mass is 230 g/mol. The molecule has 1 saturated carbocycles. The number of hydrogen-bond donors (Lipinski definition) is 2. The lowest BCUT2D eigenvalue weighted by Crippen LogP contribution is -2.35. The Kier molecular flexibility index (Phi) is 2.85. The van der Waals surface area contributed by atoms with E-state index in [1.807, 2.05) is 18.2 Å². The number of carbonyl (C=O) groups is 1. The van der Waals surface area contributed by atoms with Gasteiger partial charge in [-0.05, 0) is 18.4 Å². The molecule has 3 nitrogen and oxygen atoms in total. The molecule has 2 atom stereocenters. The van der Waals surface area contributed by atoms with Gasteiger partial charge in [0.2, 0.25) is 5.91 Å². The van der Waals surface area contributed by atoms with Crippen LogP contribution >= 0.6 is 0 Å². The minimum absolute atomic E-state index is 0.0954. The summed E-state index contributed by atoms with van der Waals surface area (Å²) in [5.41, 5.74) is 1.27. The van der Waals surface area contributed by atoms with Crippen molar-refractivity contribution in [1.82, 2.24) is 10.6 Å². The van der Waals surface area contributed by atoms with Crippen LogP contribution in [0, 0.1) is 5.92 Å². The van der Waals surface area contributed by atoms with Crippen molar-refractivity contribution in [3.8, 4) is 0 Å². The Morgan fingerprint density at radius 2 is 1.94 bits per heavy atom. The molecule has 1 amide bonds. The van der Waals surface area contributed by atoms with Crippen molar-refractivity contribution in [2.24, 2.45) is 5.92 Å². The average molecular weight is 230 g/mol. The lowest BCUT2D eigenvalue weighted by atomic mass is 9.88. The van der Waals surface area contributed by atoms with Gasteiger partial charge in [-0.15, -0.1) is 0 Å². The molecule has 3 rings (SSSR count). The Morgan fingerprint density at radius 1 is 1.18 bits per heavy atom. The van der Waals surface area contributed by atoms with Gasteiger partial charge in [0.15, 0.2) is 0 Å². The molecular formula is C14H18N2O. The molecule has 90 valence electrons. The summed E-state index contributed by atoms with van der Waals surface area (Å²) in [6.45, 7) is 1.71. The third-order valence-corrected chi connectivity index (χ3v) is 3.70. The molecule has 0 bridgehead atoms. The fraction of sp³-hybridized carbons (Fsp3) is 0.500. The molecule has 0 radical (unpaired) electrons. The van der Waals surface area contributed by atoms with E-state index in [4.69, 9.17) is 0 Å². The first-order valence-electron chi connectivity index (χ1n) is 6.40. The number of hydrogen-bond acceptors (Lipinski definition) is 2. The smallest absolute Gasteiger partial charge is 0.225 e. The quantitative estimate of drug-likeness (QED) is 0.821. The van der Waals surface area contributed by atoms with Crippen LogP contribution in [0.3, 0.4) is 0 Å². The fourth-order valence-electron chi connectivity index (χ4n) is 2.54. The van der Waals surface area contributed by atoms with Crippen LogP contribution < -0.4 is 10.6 Å². The first kappa shape index (κ1) is 10.8. The number of nitrogens with one attached hydrogen (secondary N) is 2. The summed E-state index contributed by atoms with van der Waals surface area (Å²) in [6, 6.07) is 10.8. The van der Waals surface area contributed by atoms with Gasteiger partial charge in [0.25, 0.3) is 0 Å². The Hall–Kier alpha value is -1.35. The van der Waals surface area contributed by atoms with Crippen LogP contribution in [0.1, 0.15) is 24.3 Å². The molecule has 3 heteroatoms. The molecule has 2 N–H and O–H groups in total. The van der Waals surface area contributed by atoms with Gasteiger partial charge in [0, 0.05) is 25.0 Å². The lowest BCUT2D eigenvalue weighted by molar-refractivity contribution is -0.124. The Labute approximate surface area is 102 Å². The molecule has 0 aromatic heterocycles. The summed E-state index contributed by atoms with van der Waals surface area (Å²) in [6.07, 6.45) is 2.31. The summed E-state index contributed by atoms with van der Waals surface area (Å²) in [4.78, 5) is 12.1. The summed E-state index contributed by atoms with van der Waals surface area (Å²) in [7, 11) is 0. The standard InChI is InChI=1S/C14H18N2O/c17-14(16-11-6-7-11)13-9-15-8-12(13)10-4-2-1-3-5-10/h1-5,11-13,15H,6-9H2,(H,16,17). The van der Waals surface area contributed by atoms with E-state index in [1.165, 1.54) is 5.56 Å². The highest BCUT2D eigenvalue weighted by molar-refractivity contribution is 5.81. The second-order valence-electron chi connectivity index (χ2n) is 5.06. The molecule has 1 aliphatic carbocycles. The third-order valence-electron chi connectivity index (χ3n) is 3.70. The van der Waals surface area contributed by atoms with E-state index < -0.39 is 0 Å². The molecule has 0 spiro atoms. The Bertz CT molecular complexity index is 400. The van der Waals surface area contributed by atoms with Gasteiger partial charge in [0.1, 0.15) is 0 Å². The minimum atomic E-state index is 0.0954. The SMILES string of the molecule is O=C(NC1CC1)C1CNCC1c1ccccc1. The van der Waals surface area contributed by atoms with E-state index in [9.17, 15) is 4.79 Å². The maximum absolute atomic E-state index is 12.1. The summed E-state index contributed by atoms with van der Waals surface area (Å²) >= 11 is 0. The molecule has 2 fully saturated rings. The molecular weight excluding hydrogens is 212 g/mol. The van der Waals surface area contributed by atoms with Gasteiger partial charge >= 0.3 is 0 Å². The molecule has 2 aliphatic rings. The molecule has 17 heavy (non-hydrogen) atoms. The Morgan fingerprint density at radius 3 is 2.65 bits per heavy atom. The van der Waals surface area contributed by atoms with E-state index in [1.54, 1.807) is 0 Å². The molecule has 1 aromatic carbocycles. The maximum Gasteiger partial charge on any atom is 0.225 e. The summed E-state index contributed by atoms with van der Waals surface area (Å²) in [5.74, 6) is 0.652. The van der Waals surface area contributed by atoms with Crippen LogP contribution in [0.4, 0.5) is 0 Å². The predicted octanol–water partition coefficient (Wildman–Crippen LogP) is 1.27. The number of carbonyl (C=O) groups excluding carboxylic acids is 1. The van der Waals surface area contributed by atoms with Crippen LogP contribution in [-0.2, 0) is 4.79 Å². The van der Waals surface area contributed by atoms with Crippen molar-refractivity contribution in [1.29, 1.82) is 0 Å². The maximum atomic E-state index is 12.1. The first-order valence-corrected chi connectivity index (χ1v) is 6.40. The van der Waals surface area contributed by atoms with Gasteiger partial charge in [-0.1, -0.05) is 30.3 Å². The first-order chi connectivity index (χ1) is 8.34. The molecule has 2 unspecified atom stereocenters. The van der Waals surface area contributed by atoms with Gasteiger partial charge in [-0.2, -0.15) is 0 Å². The second-order valence-corrected chi connectivity index (χ2v) is 5.06. The second kappa shape index (κ2) is 4.49. The highest BCUT2D eigenvalue weighted by Gasteiger charge is 2.36. The van der Waals surface area contributed by atoms with E-state index >= 15 is 0 Å². The predicted molar refractivity (Wildman–Crippen MR) is 66.7 cm³/mol. The van der Waals surface area contributed by atoms with Crippen molar-refractivity contribution >= 4 is 5.91 Å². The summed E-state index contributed by atoms with van der Waals surface area (Å²) < 4.78 is 0. The highest BCUT2D eigenvalue weighted by atomic mass is 16.2. The number of benzene rings is 1. The minimum Gasteiger partial charge on any atom is -0.353 e. The zero-order chi connectivity index (χ0) is 11.7. The van der Waals surface area contributed by atoms with Crippen molar-refractivity contribution in [2.75, 3.05) is 13.1 Å². The normalized spacial score (nSPS) is 28.0. The highest BCUT2D eigenvalue weighted by Crippen LogP contribution is 2.29. The topological polar surface area (TPSA) is 41.1 Å². The van der Waals surface area contributed by atoms with Crippen LogP contribution in [0.2, 0.25) is 0 Å². The van der Waals surface area contributed by atoms with Gasteiger partial charge in [-0.3, -0.25) is 4.79 Å². The van der Waals surface area contributed by atoms with Crippen LogP contribution in [0.25, 0.3) is 0 Å². The molecule has 1 heterocycles. The van der Waals surface area contributed by atoms with Gasteiger partial charge in [0.05, 0.1) is 5.92 Å². The zero-order valence-electron chi connectivity index (χ0n) is 9.86. The van der Waals surface area contributed by atoms with Crippen molar-refractivity contribution in [3.05, 3.63) is 35.9 Å². The third kappa shape index (κ3) is 2.34. The van der Waals surface area contributed by atoms with Crippen molar-refractivity contribution in [2.45, 2.75) is 24.8 Å². The molecule has 1 saturated heterocycles. The van der Waals surface area contributed by atoms with Gasteiger partial charge in [-0.25, -0.2) is 0 Å². The zero-order valence-corrected chi connectivity index (χ0v) is 9.86. The fourth-order valence-corrected chi connectivity index (χ4v) is 2.54. The number of rotatable bonds is 3. The summed E-state index contributed by atoms with van der Waals surface area (Å²) in [5, 5.41) is 6.45. The van der Waals surface area contributed by atoms with Crippen LogP contribution in [0.5, 0.6) is 0 Å². The average Bonchev–Trinajstić information content (AvgIpc) is 3.04. The van der Waals surface area contributed by atoms with Crippen molar-refractivity contribution < 1.29 is 4.79 Å². The lowest BCUT2D eigenvalue weighted by Gasteiger charge is -2.18. The molecule has 1 aliphatic heterocycles. The van der Waals surface area contributed by atoms with E-state index in [0.717, 1.165) is 25.9 Å². The van der Waals surface area contributed by atoms with Crippen LogP contribution in [-0.4, -0.2) is 25.0 Å². The van der Waals surface area contributed by atoms with E-state index in [2.05, 4.69) is 22.8 Å². The Balaban J connectivity index is 1.72. The number of amides is 1. The largest absolute Gasteiger partial charge is 0.353 e. The van der Waals surface area contributed by atoms with Gasteiger partial charge < -0.3 is 10.6 Å². The van der Waals surface area contributed by atoms with E-state index in [-0.39, 0.29) is 11.8 Å². The molecule has 1 aromatic rings. The van der Waals surface area contributed by atoms with Crippen LogP contribution in [0.15, 0.2) is 30.3 Å². The van der Waals surface area contributed by atoms with Crippen molar-refractivity contribution in [3.63, 3.8) is 0 Å². The van der Waals surface area contributed by atoms with E-state index in [0.29, 0.717) is 12.0 Å².